The molecule has 0 fully saturated rings. The zero-order chi connectivity index (χ0) is 41.7. The summed E-state index contributed by atoms with van der Waals surface area (Å²) in [5, 5.41) is 7.02. The summed E-state index contributed by atoms with van der Waals surface area (Å²) in [4.78, 5) is 4.97. The van der Waals surface area contributed by atoms with Gasteiger partial charge >= 0.3 is 0 Å². The molecule has 0 radical (unpaired) electrons. The first-order valence-electron chi connectivity index (χ1n) is 22.0. The lowest BCUT2D eigenvalue weighted by Crippen LogP contribution is -2.22. The minimum atomic E-state index is -0.128. The summed E-state index contributed by atoms with van der Waals surface area (Å²) in [6, 6.07) is 72.1. The van der Waals surface area contributed by atoms with Gasteiger partial charge in [-0.3, -0.25) is 0 Å². The number of hydrogen-bond donors (Lipinski definition) is 0. The van der Waals surface area contributed by atoms with Crippen LogP contribution in [0.1, 0.15) is 62.8 Å². The molecule has 2 nitrogen and oxygen atoms in total. The number of nitrogens with zero attached hydrogens (tertiary/aromatic N) is 2. The number of benzene rings is 8. The maximum Gasteiger partial charge on any atom is 0.0630 e. The Labute approximate surface area is 364 Å². The van der Waals surface area contributed by atoms with Gasteiger partial charge in [-0.05, 0) is 122 Å². The molecule has 3 aliphatic carbocycles. The molecule has 0 atom stereocenters. The van der Waals surface area contributed by atoms with Crippen molar-refractivity contribution in [2.24, 2.45) is 0 Å². The molecule has 2 heteroatoms. The maximum absolute atomic E-state index is 3.73. The van der Waals surface area contributed by atoms with Crippen LogP contribution in [0.5, 0.6) is 0 Å². The third-order valence-corrected chi connectivity index (χ3v) is 14.2. The number of allylic oxidation sites excluding steroid dienone is 4. The highest BCUT2D eigenvalue weighted by atomic mass is 15.2. The van der Waals surface area contributed by atoms with Gasteiger partial charge in [-0.25, -0.2) is 0 Å². The molecule has 62 heavy (non-hydrogen) atoms. The molecule has 0 aromatic heterocycles. The molecule has 0 saturated carbocycles. The first kappa shape index (κ1) is 36.5. The molecular formula is C60H46N2. The van der Waals surface area contributed by atoms with Crippen LogP contribution in [0.15, 0.2) is 193 Å². The standard InChI is InChI=1S/C60H46N2/c1-59(2)52-27-15-13-24-45(52)47-32-30-42(37-54(47)59)61(40-19-7-5-8-20-40)56-29-17-26-50-49(56)34-35-51-44-23-12-11-18-39(44)36-57(58(50)51)62(41-21-9-6-10-22-41)43-31-33-48-46-25-14-16-28-53(46)60(3,4)55(48)38-43/h5-16,18-25,27-30,32,34-38H,31,33H2,1-4H3. The number of rotatable bonds is 6. The second-order valence-corrected chi connectivity index (χ2v) is 18.3. The average molecular weight is 795 g/mol. The van der Waals surface area contributed by atoms with Crippen molar-refractivity contribution in [3.8, 4) is 11.1 Å². The van der Waals surface area contributed by atoms with E-state index in [1.165, 1.54) is 71.8 Å². The highest BCUT2D eigenvalue weighted by Gasteiger charge is 2.39. The highest BCUT2D eigenvalue weighted by molar-refractivity contribution is 6.24. The van der Waals surface area contributed by atoms with E-state index in [1.807, 2.05) is 0 Å². The Balaban J connectivity index is 1.11. The Morgan fingerprint density at radius 3 is 1.87 bits per heavy atom. The molecule has 0 unspecified atom stereocenters. The molecule has 3 aliphatic rings. The van der Waals surface area contributed by atoms with Crippen molar-refractivity contribution in [1.82, 2.24) is 0 Å². The van der Waals surface area contributed by atoms with Crippen molar-refractivity contribution in [3.05, 3.63) is 228 Å². The molecule has 0 spiro atoms. The largest absolute Gasteiger partial charge is 0.314 e. The van der Waals surface area contributed by atoms with Gasteiger partial charge in [0.05, 0.1) is 11.4 Å². The van der Waals surface area contributed by atoms with E-state index in [4.69, 9.17) is 0 Å². The minimum absolute atomic E-state index is 0.0911. The van der Waals surface area contributed by atoms with Crippen LogP contribution < -0.4 is 9.80 Å². The minimum Gasteiger partial charge on any atom is -0.314 e. The van der Waals surface area contributed by atoms with Crippen molar-refractivity contribution in [2.75, 3.05) is 9.80 Å². The average Bonchev–Trinajstić information content (AvgIpc) is 3.68. The van der Waals surface area contributed by atoms with Gasteiger partial charge < -0.3 is 9.80 Å². The molecule has 12 rings (SSSR count). The zero-order valence-corrected chi connectivity index (χ0v) is 35.6. The smallest absolute Gasteiger partial charge is 0.0630 e. The van der Waals surface area contributed by atoms with Gasteiger partial charge in [0.1, 0.15) is 0 Å². The quantitative estimate of drug-likeness (QED) is 0.155. The van der Waals surface area contributed by atoms with E-state index in [0.29, 0.717) is 0 Å². The van der Waals surface area contributed by atoms with Crippen molar-refractivity contribution in [3.63, 3.8) is 0 Å². The van der Waals surface area contributed by atoms with Crippen LogP contribution >= 0.6 is 0 Å². The predicted octanol–water partition coefficient (Wildman–Crippen LogP) is 16.1. The molecule has 0 heterocycles. The van der Waals surface area contributed by atoms with Gasteiger partial charge in [-0.2, -0.15) is 0 Å². The number of hydrogen-bond acceptors (Lipinski definition) is 2. The van der Waals surface area contributed by atoms with E-state index in [9.17, 15) is 0 Å². The summed E-state index contributed by atoms with van der Waals surface area (Å²) in [5.41, 5.74) is 17.8. The molecule has 0 N–H and O–H groups in total. The van der Waals surface area contributed by atoms with Crippen molar-refractivity contribution < 1.29 is 0 Å². The fourth-order valence-electron chi connectivity index (χ4n) is 11.2. The van der Waals surface area contributed by atoms with Crippen molar-refractivity contribution >= 4 is 66.3 Å². The topological polar surface area (TPSA) is 6.48 Å². The monoisotopic (exact) mass is 794 g/mol. The molecule has 0 amide bonds. The number of para-hydroxylation sites is 2. The molecule has 9 aromatic carbocycles. The molecule has 0 saturated heterocycles. The molecule has 296 valence electrons. The zero-order valence-electron chi connectivity index (χ0n) is 35.6. The van der Waals surface area contributed by atoms with Crippen LogP contribution in [0.25, 0.3) is 49.0 Å². The van der Waals surface area contributed by atoms with Crippen LogP contribution in [0, 0.1) is 12.1 Å². The van der Waals surface area contributed by atoms with Crippen LogP contribution in [0.3, 0.4) is 0 Å². The van der Waals surface area contributed by atoms with Gasteiger partial charge in [0, 0.05) is 55.8 Å². The van der Waals surface area contributed by atoms with E-state index in [2.05, 4.69) is 232 Å². The number of anilines is 5. The molecular weight excluding hydrogens is 749 g/mol. The Hall–Kier alpha value is -7.34. The Morgan fingerprint density at radius 1 is 0.468 bits per heavy atom. The van der Waals surface area contributed by atoms with Crippen molar-refractivity contribution in [2.45, 2.75) is 51.4 Å². The second-order valence-electron chi connectivity index (χ2n) is 18.3. The summed E-state index contributed by atoms with van der Waals surface area (Å²) in [6.45, 7) is 9.50. The first-order chi connectivity index (χ1) is 30.3. The third kappa shape index (κ3) is 5.31. The summed E-state index contributed by atoms with van der Waals surface area (Å²) >= 11 is 0. The normalized spacial score (nSPS) is 15.5. The summed E-state index contributed by atoms with van der Waals surface area (Å²) in [7, 11) is 0. The fourth-order valence-corrected chi connectivity index (χ4v) is 11.2. The summed E-state index contributed by atoms with van der Waals surface area (Å²) in [5.74, 6) is 0. The lowest BCUT2D eigenvalue weighted by Gasteiger charge is -2.34. The first-order valence-corrected chi connectivity index (χ1v) is 22.0. The van der Waals surface area contributed by atoms with Crippen LogP contribution in [0.2, 0.25) is 0 Å². The Morgan fingerprint density at radius 2 is 1.10 bits per heavy atom. The third-order valence-electron chi connectivity index (χ3n) is 14.2. The van der Waals surface area contributed by atoms with E-state index in [0.717, 1.165) is 52.1 Å². The van der Waals surface area contributed by atoms with E-state index in [1.54, 1.807) is 0 Å². The van der Waals surface area contributed by atoms with E-state index < -0.39 is 0 Å². The van der Waals surface area contributed by atoms with Gasteiger partial charge in [0.2, 0.25) is 0 Å². The van der Waals surface area contributed by atoms with Gasteiger partial charge in [-0.15, -0.1) is 0 Å². The van der Waals surface area contributed by atoms with E-state index >= 15 is 0 Å². The van der Waals surface area contributed by atoms with Crippen LogP contribution in [-0.4, -0.2) is 0 Å². The maximum atomic E-state index is 3.73. The predicted molar refractivity (Wildman–Crippen MR) is 261 cm³/mol. The Bertz CT molecular complexity index is 3350. The van der Waals surface area contributed by atoms with Crippen molar-refractivity contribution in [1.29, 1.82) is 0 Å². The Kier molecular flexibility index (Phi) is 8.00. The van der Waals surface area contributed by atoms with E-state index in [-0.39, 0.29) is 10.8 Å². The van der Waals surface area contributed by atoms with Gasteiger partial charge in [-0.1, -0.05) is 167 Å². The van der Waals surface area contributed by atoms with Crippen LogP contribution in [-0.2, 0) is 10.8 Å². The molecule has 9 aromatic rings. The fraction of sp³-hybridized carbons (Fsp3) is 0.133. The highest BCUT2D eigenvalue weighted by Crippen LogP contribution is 2.54. The SMILES string of the molecule is CC1(C)C2=C(CCC(N(c3ccccc3)c3cc4ccccc4c4ccc5c(N(c6ccccc6)c6ccc7c(c6)C(C)(C)c6ccccc6-7)cc#cc5c34)=C2)c2ccccc21. The number of fused-ring (bicyclic) bond motifs is 10. The summed E-state index contributed by atoms with van der Waals surface area (Å²) in [6.07, 6.45) is 4.44. The molecule has 0 bridgehead atoms. The van der Waals surface area contributed by atoms with Gasteiger partial charge in [0.25, 0.3) is 0 Å². The second kappa shape index (κ2) is 13.6. The lowest BCUT2D eigenvalue weighted by atomic mass is 9.79. The molecule has 0 aliphatic heterocycles. The lowest BCUT2D eigenvalue weighted by molar-refractivity contribution is 0.648. The van der Waals surface area contributed by atoms with Gasteiger partial charge in [0.15, 0.2) is 0 Å². The summed E-state index contributed by atoms with van der Waals surface area (Å²) < 4.78 is 0. The van der Waals surface area contributed by atoms with Crippen LogP contribution in [0.4, 0.5) is 28.4 Å².